The number of hydrogen-bond donors (Lipinski definition) is 1. The van der Waals surface area contributed by atoms with Gasteiger partial charge in [-0.3, -0.25) is 0 Å². The Morgan fingerprint density at radius 1 is 1.15 bits per heavy atom. The molecule has 0 saturated carbocycles. The lowest BCUT2D eigenvalue weighted by atomic mass is 10.2. The van der Waals surface area contributed by atoms with E-state index in [0.717, 1.165) is 21.2 Å². The van der Waals surface area contributed by atoms with E-state index in [0.29, 0.717) is 5.69 Å². The SMILES string of the molecule is CC(C)Nc1cc(CSc2ccc(Cl)cc2)ccc1F. The molecule has 0 heterocycles. The standard InChI is InChI=1S/C16H17ClFNS/c1-11(2)19-16-9-12(3-8-15(16)18)10-20-14-6-4-13(17)5-7-14/h3-9,11,19H,10H2,1-2H3. The summed E-state index contributed by atoms with van der Waals surface area (Å²) < 4.78 is 13.7. The molecule has 4 heteroatoms. The summed E-state index contributed by atoms with van der Waals surface area (Å²) in [4.78, 5) is 1.15. The summed E-state index contributed by atoms with van der Waals surface area (Å²) in [6, 6.07) is 13.2. The van der Waals surface area contributed by atoms with Gasteiger partial charge in [0, 0.05) is 21.7 Å². The Balaban J connectivity index is 2.04. The van der Waals surface area contributed by atoms with Crippen LogP contribution in [0.15, 0.2) is 47.4 Å². The number of halogens is 2. The number of rotatable bonds is 5. The molecule has 0 unspecified atom stereocenters. The highest BCUT2D eigenvalue weighted by Crippen LogP contribution is 2.26. The maximum atomic E-state index is 13.7. The average Bonchev–Trinajstić information content (AvgIpc) is 2.41. The molecule has 0 amide bonds. The fourth-order valence-electron chi connectivity index (χ4n) is 1.78. The molecular weight excluding hydrogens is 293 g/mol. The second-order valence-electron chi connectivity index (χ2n) is 4.86. The van der Waals surface area contributed by atoms with Crippen LogP contribution in [0.4, 0.5) is 10.1 Å². The van der Waals surface area contributed by atoms with Crippen molar-refractivity contribution in [3.05, 3.63) is 58.9 Å². The van der Waals surface area contributed by atoms with Crippen LogP contribution in [0.5, 0.6) is 0 Å². The van der Waals surface area contributed by atoms with Crippen molar-refractivity contribution in [1.82, 2.24) is 0 Å². The summed E-state index contributed by atoms with van der Waals surface area (Å²) in [6.45, 7) is 3.99. The molecule has 2 aromatic rings. The smallest absolute Gasteiger partial charge is 0.146 e. The van der Waals surface area contributed by atoms with Crippen LogP contribution in [0.25, 0.3) is 0 Å². The third-order valence-corrected chi connectivity index (χ3v) is 4.03. The van der Waals surface area contributed by atoms with Crippen LogP contribution in [0.2, 0.25) is 5.02 Å². The Kier molecular flexibility index (Phi) is 5.32. The fraction of sp³-hybridized carbons (Fsp3) is 0.250. The second-order valence-corrected chi connectivity index (χ2v) is 6.34. The quantitative estimate of drug-likeness (QED) is 0.722. The first-order chi connectivity index (χ1) is 9.54. The third kappa shape index (κ3) is 4.43. The monoisotopic (exact) mass is 309 g/mol. The molecular formula is C16H17ClFNS. The second kappa shape index (κ2) is 7.00. The third-order valence-electron chi connectivity index (χ3n) is 2.69. The molecule has 0 fully saturated rings. The van der Waals surface area contributed by atoms with Crippen LogP contribution >= 0.6 is 23.4 Å². The van der Waals surface area contributed by atoms with Gasteiger partial charge in [-0.25, -0.2) is 4.39 Å². The zero-order valence-electron chi connectivity index (χ0n) is 11.5. The van der Waals surface area contributed by atoms with E-state index in [2.05, 4.69) is 5.32 Å². The first-order valence-corrected chi connectivity index (χ1v) is 7.84. The van der Waals surface area contributed by atoms with E-state index in [1.165, 1.54) is 6.07 Å². The van der Waals surface area contributed by atoms with Crippen LogP contribution < -0.4 is 5.32 Å². The molecule has 1 nitrogen and oxygen atoms in total. The molecule has 0 saturated heterocycles. The van der Waals surface area contributed by atoms with Gasteiger partial charge in [-0.2, -0.15) is 0 Å². The lowest BCUT2D eigenvalue weighted by Gasteiger charge is -2.12. The number of thioether (sulfide) groups is 1. The first-order valence-electron chi connectivity index (χ1n) is 6.48. The van der Waals surface area contributed by atoms with Crippen molar-refractivity contribution in [2.45, 2.75) is 30.5 Å². The predicted molar refractivity (Wildman–Crippen MR) is 86.2 cm³/mol. The average molecular weight is 310 g/mol. The number of hydrogen-bond acceptors (Lipinski definition) is 2. The molecule has 1 N–H and O–H groups in total. The van der Waals surface area contributed by atoms with Crippen molar-refractivity contribution < 1.29 is 4.39 Å². The van der Waals surface area contributed by atoms with E-state index in [4.69, 9.17) is 11.6 Å². The van der Waals surface area contributed by atoms with Gasteiger partial charge in [-0.05, 0) is 55.8 Å². The highest BCUT2D eigenvalue weighted by Gasteiger charge is 2.05. The van der Waals surface area contributed by atoms with E-state index in [1.807, 2.05) is 50.2 Å². The Bertz CT molecular complexity index is 569. The summed E-state index contributed by atoms with van der Waals surface area (Å²) in [7, 11) is 0. The normalized spacial score (nSPS) is 10.8. The molecule has 0 aliphatic rings. The fourth-order valence-corrected chi connectivity index (χ4v) is 2.75. The van der Waals surface area contributed by atoms with Gasteiger partial charge >= 0.3 is 0 Å². The molecule has 2 aromatic carbocycles. The largest absolute Gasteiger partial charge is 0.380 e. The number of benzene rings is 2. The minimum atomic E-state index is -0.209. The summed E-state index contributed by atoms with van der Waals surface area (Å²) >= 11 is 7.56. The van der Waals surface area contributed by atoms with Gasteiger partial charge < -0.3 is 5.32 Å². The lowest BCUT2D eigenvalue weighted by molar-refractivity contribution is 0.627. The molecule has 0 aliphatic carbocycles. The van der Waals surface area contributed by atoms with Crippen LogP contribution in [0, 0.1) is 5.82 Å². The van der Waals surface area contributed by atoms with Gasteiger partial charge in [0.15, 0.2) is 0 Å². The molecule has 0 aliphatic heterocycles. The van der Waals surface area contributed by atoms with Gasteiger partial charge in [0.2, 0.25) is 0 Å². The number of nitrogens with one attached hydrogen (secondary N) is 1. The predicted octanol–water partition coefficient (Wildman–Crippen LogP) is 5.59. The van der Waals surface area contributed by atoms with Crippen LogP contribution in [0.1, 0.15) is 19.4 Å². The van der Waals surface area contributed by atoms with Gasteiger partial charge in [0.25, 0.3) is 0 Å². The van der Waals surface area contributed by atoms with Gasteiger partial charge in [0.1, 0.15) is 5.82 Å². The van der Waals surface area contributed by atoms with Gasteiger partial charge in [0.05, 0.1) is 5.69 Å². The van der Waals surface area contributed by atoms with Crippen LogP contribution in [-0.4, -0.2) is 6.04 Å². The van der Waals surface area contributed by atoms with Crippen molar-refractivity contribution in [2.75, 3.05) is 5.32 Å². The van der Waals surface area contributed by atoms with E-state index >= 15 is 0 Å². The van der Waals surface area contributed by atoms with Gasteiger partial charge in [-0.1, -0.05) is 17.7 Å². The minimum absolute atomic E-state index is 0.209. The first kappa shape index (κ1) is 15.2. The van der Waals surface area contributed by atoms with Crippen molar-refractivity contribution in [3.63, 3.8) is 0 Å². The van der Waals surface area contributed by atoms with Crippen LogP contribution in [0.3, 0.4) is 0 Å². The molecule has 2 rings (SSSR count). The Morgan fingerprint density at radius 2 is 1.85 bits per heavy atom. The van der Waals surface area contributed by atoms with Crippen molar-refractivity contribution in [2.24, 2.45) is 0 Å². The lowest BCUT2D eigenvalue weighted by Crippen LogP contribution is -2.11. The zero-order valence-corrected chi connectivity index (χ0v) is 13.1. The molecule has 0 spiro atoms. The molecule has 0 aromatic heterocycles. The Morgan fingerprint density at radius 3 is 2.50 bits per heavy atom. The van der Waals surface area contributed by atoms with Crippen molar-refractivity contribution >= 4 is 29.1 Å². The molecule has 0 bridgehead atoms. The summed E-state index contributed by atoms with van der Waals surface area (Å²) in [6.07, 6.45) is 0. The highest BCUT2D eigenvalue weighted by atomic mass is 35.5. The Labute approximate surface area is 128 Å². The topological polar surface area (TPSA) is 12.0 Å². The van der Waals surface area contributed by atoms with Crippen LogP contribution in [-0.2, 0) is 5.75 Å². The van der Waals surface area contributed by atoms with E-state index in [9.17, 15) is 4.39 Å². The highest BCUT2D eigenvalue weighted by molar-refractivity contribution is 7.98. The molecule has 0 radical (unpaired) electrons. The summed E-state index contributed by atoms with van der Waals surface area (Å²) in [5.41, 5.74) is 1.66. The zero-order chi connectivity index (χ0) is 14.5. The van der Waals surface area contributed by atoms with E-state index in [1.54, 1.807) is 11.8 Å². The van der Waals surface area contributed by atoms with E-state index in [-0.39, 0.29) is 11.9 Å². The maximum Gasteiger partial charge on any atom is 0.146 e. The Hall–Kier alpha value is -1.19. The molecule has 0 atom stereocenters. The van der Waals surface area contributed by atoms with Gasteiger partial charge in [-0.15, -0.1) is 11.8 Å². The van der Waals surface area contributed by atoms with E-state index < -0.39 is 0 Å². The molecule has 20 heavy (non-hydrogen) atoms. The summed E-state index contributed by atoms with van der Waals surface area (Å²) in [5.74, 6) is 0.591. The number of anilines is 1. The molecule has 106 valence electrons. The summed E-state index contributed by atoms with van der Waals surface area (Å²) in [5, 5.41) is 3.85. The van der Waals surface area contributed by atoms with Crippen molar-refractivity contribution in [1.29, 1.82) is 0 Å². The minimum Gasteiger partial charge on any atom is -0.380 e. The van der Waals surface area contributed by atoms with Crippen molar-refractivity contribution in [3.8, 4) is 0 Å². The maximum absolute atomic E-state index is 13.7.